The molecule has 0 amide bonds. The largest absolute Gasteiger partial charge is 0.330 e. The number of para-hydroxylation sites is 1. The second-order valence-corrected chi connectivity index (χ2v) is 4.99. The number of nitrogens with two attached hydrogens (primary N) is 1. The summed E-state index contributed by atoms with van der Waals surface area (Å²) in [5.74, 6) is 0.971. The lowest BCUT2D eigenvalue weighted by Gasteiger charge is -2.14. The van der Waals surface area contributed by atoms with E-state index in [1.165, 1.54) is 11.1 Å². The van der Waals surface area contributed by atoms with E-state index in [2.05, 4.69) is 46.6 Å². The Morgan fingerprint density at radius 1 is 1.10 bits per heavy atom. The third-order valence-electron chi connectivity index (χ3n) is 3.52. The van der Waals surface area contributed by atoms with Crippen LogP contribution in [0.5, 0.6) is 0 Å². The third-order valence-corrected chi connectivity index (χ3v) is 3.52. The highest BCUT2D eigenvalue weighted by atomic mass is 15.1. The molecular weight excluding hydrogens is 248 g/mol. The van der Waals surface area contributed by atoms with Crippen molar-refractivity contribution in [2.75, 3.05) is 6.54 Å². The number of aromatic nitrogens is 3. The number of fused-ring (bicyclic) bond motifs is 1. The van der Waals surface area contributed by atoms with Crippen molar-refractivity contribution in [1.82, 2.24) is 14.5 Å². The van der Waals surface area contributed by atoms with E-state index in [0.717, 1.165) is 29.1 Å². The van der Waals surface area contributed by atoms with Gasteiger partial charge in [-0.1, -0.05) is 18.2 Å². The average Bonchev–Trinajstić information content (AvgIpc) is 2.78. The van der Waals surface area contributed by atoms with Gasteiger partial charge in [-0.25, -0.2) is 9.97 Å². The molecule has 0 unspecified atom stereocenters. The predicted octanol–water partition coefficient (Wildman–Crippen LogP) is 2.54. The van der Waals surface area contributed by atoms with Crippen LogP contribution in [0.3, 0.4) is 0 Å². The Hall–Kier alpha value is -2.20. The molecule has 0 radical (unpaired) electrons. The van der Waals surface area contributed by atoms with E-state index in [-0.39, 0.29) is 0 Å². The van der Waals surface area contributed by atoms with Crippen molar-refractivity contribution < 1.29 is 0 Å². The highest BCUT2D eigenvalue weighted by Crippen LogP contribution is 2.25. The van der Waals surface area contributed by atoms with Crippen LogP contribution in [-0.4, -0.2) is 21.1 Å². The molecule has 4 heteroatoms. The summed E-state index contributed by atoms with van der Waals surface area (Å²) in [4.78, 5) is 9.18. The minimum absolute atomic E-state index is 0.578. The van der Waals surface area contributed by atoms with E-state index in [4.69, 9.17) is 5.73 Å². The molecule has 0 atom stereocenters. The van der Waals surface area contributed by atoms with Gasteiger partial charge in [-0.3, -0.25) is 4.57 Å². The first-order valence-corrected chi connectivity index (χ1v) is 6.81. The summed E-state index contributed by atoms with van der Waals surface area (Å²) < 4.78 is 2.15. The van der Waals surface area contributed by atoms with Crippen molar-refractivity contribution in [3.63, 3.8) is 0 Å². The Kier molecular flexibility index (Phi) is 3.24. The summed E-state index contributed by atoms with van der Waals surface area (Å²) in [6.45, 7) is 4.81. The van der Waals surface area contributed by atoms with E-state index >= 15 is 0 Å². The van der Waals surface area contributed by atoms with Gasteiger partial charge in [0.25, 0.3) is 0 Å². The topological polar surface area (TPSA) is 56.7 Å². The molecule has 102 valence electrons. The number of pyridine rings is 1. The zero-order valence-electron chi connectivity index (χ0n) is 11.8. The number of nitrogens with zero attached hydrogens (tertiary/aromatic N) is 3. The molecule has 0 spiro atoms. The number of benzene rings is 1. The fourth-order valence-corrected chi connectivity index (χ4v) is 2.65. The normalized spacial score (nSPS) is 11.2. The highest BCUT2D eigenvalue weighted by Gasteiger charge is 2.15. The van der Waals surface area contributed by atoms with Gasteiger partial charge < -0.3 is 5.73 Å². The number of rotatable bonds is 3. The molecule has 1 aromatic carbocycles. The molecule has 2 heterocycles. The van der Waals surface area contributed by atoms with Gasteiger partial charge in [0.15, 0.2) is 5.65 Å². The third kappa shape index (κ3) is 1.98. The van der Waals surface area contributed by atoms with Crippen molar-refractivity contribution in [2.45, 2.75) is 20.3 Å². The summed E-state index contributed by atoms with van der Waals surface area (Å²) in [5.41, 5.74) is 11.1. The molecule has 0 fully saturated rings. The molecule has 0 aliphatic heterocycles. The summed E-state index contributed by atoms with van der Waals surface area (Å²) >= 11 is 0. The summed E-state index contributed by atoms with van der Waals surface area (Å²) in [7, 11) is 0. The lowest BCUT2D eigenvalue weighted by molar-refractivity contribution is 0.838. The van der Waals surface area contributed by atoms with Crippen molar-refractivity contribution in [3.05, 3.63) is 53.5 Å². The van der Waals surface area contributed by atoms with Gasteiger partial charge in [-0.15, -0.1) is 0 Å². The predicted molar refractivity (Wildman–Crippen MR) is 81.1 cm³/mol. The van der Waals surface area contributed by atoms with Crippen LogP contribution in [-0.2, 0) is 6.42 Å². The molecule has 3 rings (SSSR count). The van der Waals surface area contributed by atoms with Crippen LogP contribution in [0.2, 0.25) is 0 Å². The Bertz CT molecular complexity index is 738. The quantitative estimate of drug-likeness (QED) is 0.792. The first-order valence-electron chi connectivity index (χ1n) is 6.81. The molecule has 2 aromatic heterocycles. The Balaban J connectivity index is 2.36. The van der Waals surface area contributed by atoms with Gasteiger partial charge >= 0.3 is 0 Å². The molecule has 0 saturated heterocycles. The molecule has 4 nitrogen and oxygen atoms in total. The van der Waals surface area contributed by atoms with Crippen LogP contribution in [0, 0.1) is 13.8 Å². The molecule has 3 aromatic rings. The highest BCUT2D eigenvalue weighted by molar-refractivity contribution is 5.74. The van der Waals surface area contributed by atoms with Crippen molar-refractivity contribution in [1.29, 1.82) is 0 Å². The van der Waals surface area contributed by atoms with Crippen LogP contribution in [0.25, 0.3) is 16.9 Å². The second kappa shape index (κ2) is 5.06. The molecule has 0 aliphatic carbocycles. The standard InChI is InChI=1S/C16H18N4/c1-11-5-3-6-12(2)15(11)20-14(8-9-17)19-13-7-4-10-18-16(13)20/h3-7,10H,8-9,17H2,1-2H3. The van der Waals surface area contributed by atoms with Crippen molar-refractivity contribution >= 4 is 11.2 Å². The summed E-state index contributed by atoms with van der Waals surface area (Å²) in [5, 5.41) is 0. The number of imidazole rings is 1. The average molecular weight is 266 g/mol. The maximum absolute atomic E-state index is 5.73. The van der Waals surface area contributed by atoms with E-state index in [1.807, 2.05) is 12.1 Å². The maximum Gasteiger partial charge on any atom is 0.164 e. The van der Waals surface area contributed by atoms with E-state index in [0.29, 0.717) is 6.54 Å². The van der Waals surface area contributed by atoms with Crippen molar-refractivity contribution in [2.24, 2.45) is 5.73 Å². The van der Waals surface area contributed by atoms with Crippen LogP contribution in [0.1, 0.15) is 17.0 Å². The van der Waals surface area contributed by atoms with E-state index in [9.17, 15) is 0 Å². The van der Waals surface area contributed by atoms with Gasteiger partial charge in [0, 0.05) is 12.6 Å². The molecule has 0 bridgehead atoms. The van der Waals surface area contributed by atoms with Crippen molar-refractivity contribution in [3.8, 4) is 5.69 Å². The van der Waals surface area contributed by atoms with E-state index < -0.39 is 0 Å². The zero-order chi connectivity index (χ0) is 14.1. The van der Waals surface area contributed by atoms with Gasteiger partial charge in [-0.05, 0) is 43.7 Å². The van der Waals surface area contributed by atoms with E-state index in [1.54, 1.807) is 6.20 Å². The number of aryl methyl sites for hydroxylation is 2. The lowest BCUT2D eigenvalue weighted by Crippen LogP contribution is -2.11. The van der Waals surface area contributed by atoms with Crippen LogP contribution >= 0.6 is 0 Å². The van der Waals surface area contributed by atoms with Gasteiger partial charge in [0.05, 0.1) is 5.69 Å². The maximum atomic E-state index is 5.73. The second-order valence-electron chi connectivity index (χ2n) is 4.99. The molecular formula is C16H18N4. The molecule has 20 heavy (non-hydrogen) atoms. The zero-order valence-corrected chi connectivity index (χ0v) is 11.8. The summed E-state index contributed by atoms with van der Waals surface area (Å²) in [6.07, 6.45) is 2.55. The van der Waals surface area contributed by atoms with Gasteiger partial charge in [-0.2, -0.15) is 0 Å². The lowest BCUT2D eigenvalue weighted by atomic mass is 10.1. The summed E-state index contributed by atoms with van der Waals surface area (Å²) in [6, 6.07) is 10.2. The minimum Gasteiger partial charge on any atom is -0.330 e. The fraction of sp³-hybridized carbons (Fsp3) is 0.250. The van der Waals surface area contributed by atoms with Gasteiger partial charge in [0.1, 0.15) is 11.3 Å². The first-order chi connectivity index (χ1) is 9.72. The molecule has 0 saturated carbocycles. The SMILES string of the molecule is Cc1cccc(C)c1-n1c(CCN)nc2cccnc21. The Labute approximate surface area is 118 Å². The van der Waals surface area contributed by atoms with Crippen LogP contribution in [0.15, 0.2) is 36.5 Å². The number of hydrogen-bond acceptors (Lipinski definition) is 3. The number of hydrogen-bond donors (Lipinski definition) is 1. The van der Waals surface area contributed by atoms with Gasteiger partial charge in [0.2, 0.25) is 0 Å². The monoisotopic (exact) mass is 266 g/mol. The van der Waals surface area contributed by atoms with Crippen LogP contribution in [0.4, 0.5) is 0 Å². The molecule has 2 N–H and O–H groups in total. The van der Waals surface area contributed by atoms with Crippen LogP contribution < -0.4 is 5.73 Å². The Morgan fingerprint density at radius 2 is 1.85 bits per heavy atom. The Morgan fingerprint density at radius 3 is 2.55 bits per heavy atom. The smallest absolute Gasteiger partial charge is 0.164 e. The first kappa shape index (κ1) is 12.8. The fourth-order valence-electron chi connectivity index (χ4n) is 2.65. The molecule has 0 aliphatic rings. The minimum atomic E-state index is 0.578.